The van der Waals surface area contributed by atoms with Gasteiger partial charge in [-0.1, -0.05) is 12.1 Å². The Morgan fingerprint density at radius 3 is 2.64 bits per heavy atom. The molecule has 1 aliphatic rings. The molecule has 22 heavy (non-hydrogen) atoms. The molecule has 0 radical (unpaired) electrons. The van der Waals surface area contributed by atoms with Crippen molar-refractivity contribution in [1.82, 2.24) is 15.5 Å². The molecule has 0 heterocycles. The lowest BCUT2D eigenvalue weighted by Gasteiger charge is -2.14. The molecule has 1 saturated carbocycles. The number of nitrogens with one attached hydrogen (secondary N) is 2. The van der Waals surface area contributed by atoms with Gasteiger partial charge in [-0.15, -0.1) is 0 Å². The third-order valence-corrected chi connectivity index (χ3v) is 3.97. The molecule has 0 saturated heterocycles. The summed E-state index contributed by atoms with van der Waals surface area (Å²) in [6.07, 6.45) is 1.89. The summed E-state index contributed by atoms with van der Waals surface area (Å²) in [6.45, 7) is 1.40. The molecule has 122 valence electrons. The number of carbonyl (C=O) groups excluding carboxylic acids is 1. The molecule has 0 bridgehead atoms. The van der Waals surface area contributed by atoms with Crippen molar-refractivity contribution >= 4 is 6.03 Å². The van der Waals surface area contributed by atoms with Crippen LogP contribution in [0.1, 0.15) is 24.0 Å². The molecular formula is C16H24FN3O2. The third-order valence-electron chi connectivity index (χ3n) is 3.97. The standard InChI is InChI=1S/C16H24FN3O2/c1-20(2)9-13-4-3-12(7-14(13)17)8-18-15(22)19-10-16(11-21)5-6-16/h3-4,7,21H,5-6,8-11H2,1-2H3,(H2,18,19,22). The first-order valence-electron chi connectivity index (χ1n) is 7.49. The monoisotopic (exact) mass is 309 g/mol. The fourth-order valence-corrected chi connectivity index (χ4v) is 2.25. The molecule has 3 N–H and O–H groups in total. The zero-order chi connectivity index (χ0) is 16.2. The molecule has 0 aliphatic heterocycles. The maximum absolute atomic E-state index is 13.9. The second-order valence-electron chi connectivity index (χ2n) is 6.36. The van der Waals surface area contributed by atoms with Crippen LogP contribution in [-0.2, 0) is 13.1 Å². The molecule has 0 aromatic heterocycles. The number of urea groups is 1. The van der Waals surface area contributed by atoms with Crippen molar-refractivity contribution in [2.45, 2.75) is 25.9 Å². The minimum absolute atomic E-state index is 0.103. The first-order chi connectivity index (χ1) is 10.4. The van der Waals surface area contributed by atoms with E-state index in [0.29, 0.717) is 18.7 Å². The van der Waals surface area contributed by atoms with Gasteiger partial charge in [0, 0.05) is 30.6 Å². The van der Waals surface area contributed by atoms with Gasteiger partial charge in [-0.25, -0.2) is 9.18 Å². The van der Waals surface area contributed by atoms with E-state index in [1.165, 1.54) is 6.07 Å². The summed E-state index contributed by atoms with van der Waals surface area (Å²) >= 11 is 0. The average Bonchev–Trinajstić information content (AvgIpc) is 3.26. The summed E-state index contributed by atoms with van der Waals surface area (Å²) < 4.78 is 13.9. The second-order valence-corrected chi connectivity index (χ2v) is 6.36. The highest BCUT2D eigenvalue weighted by atomic mass is 19.1. The van der Waals surface area contributed by atoms with Gasteiger partial charge in [-0.3, -0.25) is 0 Å². The van der Waals surface area contributed by atoms with E-state index in [2.05, 4.69) is 10.6 Å². The molecule has 1 aromatic rings. The smallest absolute Gasteiger partial charge is 0.315 e. The number of carbonyl (C=O) groups is 1. The van der Waals surface area contributed by atoms with Crippen LogP contribution in [0.15, 0.2) is 18.2 Å². The van der Waals surface area contributed by atoms with Crippen LogP contribution in [-0.4, -0.2) is 43.3 Å². The van der Waals surface area contributed by atoms with Crippen LogP contribution >= 0.6 is 0 Å². The fourth-order valence-electron chi connectivity index (χ4n) is 2.25. The molecule has 0 unspecified atom stereocenters. The van der Waals surface area contributed by atoms with Crippen LogP contribution in [0.4, 0.5) is 9.18 Å². The Kier molecular flexibility index (Phi) is 5.37. The first-order valence-corrected chi connectivity index (χ1v) is 7.49. The summed E-state index contributed by atoms with van der Waals surface area (Å²) in [7, 11) is 3.77. The molecule has 0 atom stereocenters. The van der Waals surface area contributed by atoms with Crippen molar-refractivity contribution in [3.63, 3.8) is 0 Å². The molecule has 5 nitrogen and oxygen atoms in total. The highest BCUT2D eigenvalue weighted by Gasteiger charge is 2.42. The highest BCUT2D eigenvalue weighted by Crippen LogP contribution is 2.44. The van der Waals surface area contributed by atoms with Crippen molar-refractivity contribution < 1.29 is 14.3 Å². The largest absolute Gasteiger partial charge is 0.396 e. The van der Waals surface area contributed by atoms with E-state index in [9.17, 15) is 14.3 Å². The van der Waals surface area contributed by atoms with Gasteiger partial charge in [0.05, 0.1) is 6.61 Å². The highest BCUT2D eigenvalue weighted by molar-refractivity contribution is 5.73. The summed E-state index contributed by atoms with van der Waals surface area (Å²) in [5.41, 5.74) is 1.24. The number of hydrogen-bond donors (Lipinski definition) is 3. The molecule has 1 aliphatic carbocycles. The normalized spacial score (nSPS) is 15.7. The lowest BCUT2D eigenvalue weighted by Crippen LogP contribution is -2.39. The van der Waals surface area contributed by atoms with E-state index in [4.69, 9.17) is 0 Å². The van der Waals surface area contributed by atoms with Gasteiger partial charge >= 0.3 is 6.03 Å². The Morgan fingerprint density at radius 2 is 2.09 bits per heavy atom. The van der Waals surface area contributed by atoms with E-state index >= 15 is 0 Å². The Bertz CT molecular complexity index is 530. The van der Waals surface area contributed by atoms with Crippen LogP contribution in [0.25, 0.3) is 0 Å². The van der Waals surface area contributed by atoms with Gasteiger partial charge in [-0.05, 0) is 38.6 Å². The molecular weight excluding hydrogens is 285 g/mol. The number of amides is 2. The number of aliphatic hydroxyl groups excluding tert-OH is 1. The van der Waals surface area contributed by atoms with Gasteiger partial charge in [0.15, 0.2) is 0 Å². The number of rotatable bonds is 7. The summed E-state index contributed by atoms with van der Waals surface area (Å²) in [5.74, 6) is -0.259. The Balaban J connectivity index is 1.78. The predicted molar refractivity (Wildman–Crippen MR) is 82.8 cm³/mol. The SMILES string of the molecule is CN(C)Cc1ccc(CNC(=O)NCC2(CO)CC2)cc1F. The molecule has 1 aromatic carbocycles. The number of nitrogens with zero attached hydrogens (tertiary/aromatic N) is 1. The minimum Gasteiger partial charge on any atom is -0.396 e. The van der Waals surface area contributed by atoms with Crippen LogP contribution in [0.2, 0.25) is 0 Å². The predicted octanol–water partition coefficient (Wildman–Crippen LogP) is 1.46. The van der Waals surface area contributed by atoms with E-state index in [1.807, 2.05) is 25.1 Å². The quantitative estimate of drug-likeness (QED) is 0.714. The minimum atomic E-state index is -0.294. The molecule has 2 rings (SSSR count). The van der Waals surface area contributed by atoms with Crippen LogP contribution in [0, 0.1) is 11.2 Å². The topological polar surface area (TPSA) is 64.6 Å². The lowest BCUT2D eigenvalue weighted by atomic mass is 10.1. The van der Waals surface area contributed by atoms with Crippen LogP contribution in [0.3, 0.4) is 0 Å². The van der Waals surface area contributed by atoms with Gasteiger partial charge in [-0.2, -0.15) is 0 Å². The van der Waals surface area contributed by atoms with Crippen molar-refractivity contribution in [2.75, 3.05) is 27.2 Å². The molecule has 0 spiro atoms. The summed E-state index contributed by atoms with van der Waals surface area (Å²) in [6, 6.07) is 4.72. The maximum Gasteiger partial charge on any atom is 0.315 e. The van der Waals surface area contributed by atoms with E-state index in [-0.39, 0.29) is 30.4 Å². The number of aliphatic hydroxyl groups is 1. The van der Waals surface area contributed by atoms with Gasteiger partial charge in [0.1, 0.15) is 5.82 Å². The van der Waals surface area contributed by atoms with Crippen molar-refractivity contribution in [3.8, 4) is 0 Å². The Morgan fingerprint density at radius 1 is 1.36 bits per heavy atom. The molecule has 6 heteroatoms. The number of hydrogen-bond acceptors (Lipinski definition) is 3. The first kappa shape index (κ1) is 16.7. The van der Waals surface area contributed by atoms with Crippen molar-refractivity contribution in [2.24, 2.45) is 5.41 Å². The van der Waals surface area contributed by atoms with Crippen LogP contribution < -0.4 is 10.6 Å². The second kappa shape index (κ2) is 7.07. The van der Waals surface area contributed by atoms with Crippen molar-refractivity contribution in [1.29, 1.82) is 0 Å². The lowest BCUT2D eigenvalue weighted by molar-refractivity contribution is 0.203. The number of benzene rings is 1. The van der Waals surface area contributed by atoms with Crippen LogP contribution in [0.5, 0.6) is 0 Å². The maximum atomic E-state index is 13.9. The molecule has 2 amide bonds. The number of halogens is 1. The van der Waals surface area contributed by atoms with Gasteiger partial charge in [0.2, 0.25) is 0 Å². The zero-order valence-corrected chi connectivity index (χ0v) is 13.2. The zero-order valence-electron chi connectivity index (χ0n) is 13.2. The Labute approximate surface area is 130 Å². The molecule has 1 fully saturated rings. The van der Waals surface area contributed by atoms with E-state index < -0.39 is 0 Å². The Hall–Kier alpha value is -1.66. The van der Waals surface area contributed by atoms with E-state index in [0.717, 1.165) is 18.4 Å². The van der Waals surface area contributed by atoms with E-state index in [1.54, 1.807) is 6.07 Å². The average molecular weight is 309 g/mol. The van der Waals surface area contributed by atoms with Crippen molar-refractivity contribution in [3.05, 3.63) is 35.1 Å². The van der Waals surface area contributed by atoms with Gasteiger partial charge < -0.3 is 20.6 Å². The summed E-state index contributed by atoms with van der Waals surface area (Å²) in [4.78, 5) is 13.6. The summed E-state index contributed by atoms with van der Waals surface area (Å²) in [5, 5.41) is 14.6. The fraction of sp³-hybridized carbons (Fsp3) is 0.562. The van der Waals surface area contributed by atoms with Gasteiger partial charge in [0.25, 0.3) is 0 Å². The third kappa shape index (κ3) is 4.68.